The van der Waals surface area contributed by atoms with Crippen molar-refractivity contribution in [3.63, 3.8) is 0 Å². The molecule has 0 aliphatic heterocycles. The van der Waals surface area contributed by atoms with Gasteiger partial charge in [-0.25, -0.2) is 4.79 Å². The molecular weight excluding hydrogens is 548 g/mol. The van der Waals surface area contributed by atoms with E-state index in [1.807, 2.05) is 0 Å². The van der Waals surface area contributed by atoms with Crippen LogP contribution in [0.3, 0.4) is 0 Å². The highest BCUT2D eigenvalue weighted by molar-refractivity contribution is 7.84. The normalized spacial score (nSPS) is 11.8. The molecular formula is C35H54O6S. The summed E-state index contributed by atoms with van der Waals surface area (Å²) in [7, 11) is -1.01. The Morgan fingerprint density at radius 1 is 0.595 bits per heavy atom. The molecule has 1 atom stereocenters. The zero-order chi connectivity index (χ0) is 30.3. The van der Waals surface area contributed by atoms with Gasteiger partial charge in [0.2, 0.25) is 0 Å². The summed E-state index contributed by atoms with van der Waals surface area (Å²) in [4.78, 5) is 12.3. The van der Waals surface area contributed by atoms with Crippen LogP contribution in [0.2, 0.25) is 0 Å². The molecule has 0 aliphatic carbocycles. The third-order valence-corrected chi connectivity index (χ3v) is 8.31. The van der Waals surface area contributed by atoms with Crippen LogP contribution in [0.15, 0.2) is 47.4 Å². The summed E-state index contributed by atoms with van der Waals surface area (Å²) in [6.45, 7) is 3.68. The monoisotopic (exact) mass is 602 g/mol. The average Bonchev–Trinajstić information content (AvgIpc) is 2.98. The minimum atomic E-state index is -1.01. The summed E-state index contributed by atoms with van der Waals surface area (Å²) in [5.74, 6) is 0.705. The molecule has 0 saturated carbocycles. The van der Waals surface area contributed by atoms with E-state index in [0.29, 0.717) is 43.5 Å². The molecule has 2 aromatic carbocycles. The van der Waals surface area contributed by atoms with E-state index < -0.39 is 16.8 Å². The molecule has 0 radical (unpaired) electrons. The Morgan fingerprint density at radius 3 is 1.43 bits per heavy atom. The number of carbonyl (C=O) groups is 1. The summed E-state index contributed by atoms with van der Waals surface area (Å²) >= 11 is 0. The summed E-state index contributed by atoms with van der Waals surface area (Å²) in [6, 6.07) is 12.0. The van der Waals surface area contributed by atoms with E-state index in [4.69, 9.17) is 14.2 Å². The predicted octanol–water partition coefficient (Wildman–Crippen LogP) is 9.61. The van der Waals surface area contributed by atoms with Crippen molar-refractivity contribution in [1.29, 1.82) is 0 Å². The Morgan fingerprint density at radius 2 is 1.00 bits per heavy atom. The van der Waals surface area contributed by atoms with Gasteiger partial charge in [-0.3, -0.25) is 4.21 Å². The molecule has 1 unspecified atom stereocenters. The van der Waals surface area contributed by atoms with E-state index >= 15 is 0 Å². The Kier molecular flexibility index (Phi) is 19.5. The van der Waals surface area contributed by atoms with E-state index in [-0.39, 0.29) is 5.56 Å². The van der Waals surface area contributed by atoms with Crippen molar-refractivity contribution in [2.45, 2.75) is 121 Å². The van der Waals surface area contributed by atoms with E-state index in [1.165, 1.54) is 96.0 Å². The Labute approximate surface area is 257 Å². The molecule has 0 aliphatic rings. The maximum atomic E-state index is 11.6. The van der Waals surface area contributed by atoms with E-state index in [9.17, 15) is 14.1 Å². The first-order chi connectivity index (χ1) is 20.5. The number of unbranched alkanes of at least 4 members (excludes halogenated alkanes) is 15. The van der Waals surface area contributed by atoms with Gasteiger partial charge in [0.15, 0.2) is 0 Å². The van der Waals surface area contributed by atoms with Crippen molar-refractivity contribution in [2.75, 3.05) is 26.1 Å². The topological polar surface area (TPSA) is 82.1 Å². The quantitative estimate of drug-likeness (QED) is 0.108. The van der Waals surface area contributed by atoms with Crippen LogP contribution in [0.1, 0.15) is 126 Å². The molecule has 0 heterocycles. The molecule has 0 fully saturated rings. The molecule has 0 aromatic heterocycles. The minimum absolute atomic E-state index is 0.152. The van der Waals surface area contributed by atoms with Gasteiger partial charge < -0.3 is 19.3 Å². The SMILES string of the molecule is CCCCCCCCCCCCCCCCCCOc1cc(OCCCOc2ccc(S(C)=O)cc2)cc(C(=O)O)c1. The van der Waals surface area contributed by atoms with Gasteiger partial charge in [0.25, 0.3) is 0 Å². The first-order valence-corrected chi connectivity index (χ1v) is 17.8. The zero-order valence-corrected chi connectivity index (χ0v) is 26.9. The Bertz CT molecular complexity index is 1010. The third-order valence-electron chi connectivity index (χ3n) is 7.38. The number of hydrogen-bond acceptors (Lipinski definition) is 5. The second-order valence-corrected chi connectivity index (χ2v) is 12.5. The highest BCUT2D eigenvalue weighted by Gasteiger charge is 2.09. The van der Waals surface area contributed by atoms with Crippen molar-refractivity contribution in [3.05, 3.63) is 48.0 Å². The number of ether oxygens (including phenoxy) is 3. The van der Waals surface area contributed by atoms with Gasteiger partial charge in [-0.1, -0.05) is 103 Å². The van der Waals surface area contributed by atoms with Crippen LogP contribution < -0.4 is 14.2 Å². The number of benzene rings is 2. The molecule has 7 heteroatoms. The number of carboxylic acid groups (broad SMARTS) is 1. The number of rotatable bonds is 26. The van der Waals surface area contributed by atoms with Crippen LogP contribution in [-0.4, -0.2) is 41.4 Å². The van der Waals surface area contributed by atoms with Gasteiger partial charge in [0.1, 0.15) is 17.2 Å². The number of hydrogen-bond donors (Lipinski definition) is 1. The van der Waals surface area contributed by atoms with Gasteiger partial charge in [0.05, 0.1) is 25.4 Å². The van der Waals surface area contributed by atoms with Gasteiger partial charge in [0, 0.05) is 34.4 Å². The second kappa shape index (κ2) is 23.0. The Hall–Kier alpha value is -2.54. The van der Waals surface area contributed by atoms with Gasteiger partial charge in [-0.2, -0.15) is 0 Å². The lowest BCUT2D eigenvalue weighted by molar-refractivity contribution is 0.0695. The van der Waals surface area contributed by atoms with Crippen molar-refractivity contribution in [2.24, 2.45) is 0 Å². The standard InChI is InChI=1S/C35H54O6S/c1-3-4-5-6-7-8-9-10-11-12-13-14-15-16-17-18-24-40-32-27-30(35(36)37)28-33(29-32)41-26-19-25-39-31-20-22-34(23-21-31)42(2)38/h20-23,27-29H,3-19,24-26H2,1-2H3,(H,36,37). The fourth-order valence-corrected chi connectivity index (χ4v) is 5.39. The highest BCUT2D eigenvalue weighted by atomic mass is 32.2. The molecule has 6 nitrogen and oxygen atoms in total. The van der Waals surface area contributed by atoms with Gasteiger partial charge in [-0.15, -0.1) is 0 Å². The first-order valence-electron chi connectivity index (χ1n) is 16.2. The maximum absolute atomic E-state index is 11.6. The predicted molar refractivity (Wildman–Crippen MR) is 173 cm³/mol. The zero-order valence-electron chi connectivity index (χ0n) is 26.1. The lowest BCUT2D eigenvalue weighted by atomic mass is 10.0. The Balaban J connectivity index is 1.53. The van der Waals surface area contributed by atoms with Crippen LogP contribution in [0.4, 0.5) is 0 Å². The fourth-order valence-electron chi connectivity index (χ4n) is 4.87. The van der Waals surface area contributed by atoms with Gasteiger partial charge >= 0.3 is 5.97 Å². The summed E-state index contributed by atoms with van der Waals surface area (Å²) < 4.78 is 28.9. The molecule has 0 amide bonds. The van der Waals surface area contributed by atoms with Crippen LogP contribution in [-0.2, 0) is 10.8 Å². The number of aromatic carboxylic acids is 1. The van der Waals surface area contributed by atoms with E-state index in [1.54, 1.807) is 42.7 Å². The van der Waals surface area contributed by atoms with Gasteiger partial charge in [-0.05, 0) is 42.8 Å². The third kappa shape index (κ3) is 16.8. The second-order valence-electron chi connectivity index (χ2n) is 11.1. The summed E-state index contributed by atoms with van der Waals surface area (Å²) in [5, 5.41) is 9.49. The van der Waals surface area contributed by atoms with Crippen LogP contribution in [0.25, 0.3) is 0 Å². The fraction of sp³-hybridized carbons (Fsp3) is 0.629. The maximum Gasteiger partial charge on any atom is 0.335 e. The van der Waals surface area contributed by atoms with Crippen molar-refractivity contribution in [1.82, 2.24) is 0 Å². The average molecular weight is 603 g/mol. The van der Waals surface area contributed by atoms with E-state index in [0.717, 1.165) is 17.7 Å². The number of carboxylic acids is 1. The largest absolute Gasteiger partial charge is 0.493 e. The van der Waals surface area contributed by atoms with E-state index in [2.05, 4.69) is 6.92 Å². The molecule has 0 saturated heterocycles. The molecule has 1 N–H and O–H groups in total. The van der Waals surface area contributed by atoms with Crippen LogP contribution >= 0.6 is 0 Å². The minimum Gasteiger partial charge on any atom is -0.493 e. The van der Waals surface area contributed by atoms with Crippen molar-refractivity contribution < 1.29 is 28.3 Å². The van der Waals surface area contributed by atoms with Crippen molar-refractivity contribution in [3.8, 4) is 17.2 Å². The lowest BCUT2D eigenvalue weighted by Crippen LogP contribution is -2.06. The molecule has 0 spiro atoms. The molecule has 2 rings (SSSR count). The highest BCUT2D eigenvalue weighted by Crippen LogP contribution is 2.24. The summed E-state index contributed by atoms with van der Waals surface area (Å²) in [6.07, 6.45) is 23.5. The van der Waals surface area contributed by atoms with Crippen LogP contribution in [0.5, 0.6) is 17.2 Å². The lowest BCUT2D eigenvalue weighted by Gasteiger charge is -2.12. The van der Waals surface area contributed by atoms with Crippen molar-refractivity contribution >= 4 is 16.8 Å². The molecule has 2 aromatic rings. The summed E-state index contributed by atoms with van der Waals surface area (Å²) in [5.41, 5.74) is 0.152. The van der Waals surface area contributed by atoms with Crippen LogP contribution in [0, 0.1) is 0 Å². The molecule has 0 bridgehead atoms. The molecule has 236 valence electrons. The first kappa shape index (κ1) is 35.7. The smallest absolute Gasteiger partial charge is 0.335 e. The molecule has 42 heavy (non-hydrogen) atoms.